The van der Waals surface area contributed by atoms with E-state index in [0.29, 0.717) is 23.3 Å². The Labute approximate surface area is 125 Å². The molecule has 0 amide bonds. The summed E-state index contributed by atoms with van der Waals surface area (Å²) in [5.74, 6) is 1.11. The van der Waals surface area contributed by atoms with Crippen molar-refractivity contribution in [1.82, 2.24) is 15.0 Å². The van der Waals surface area contributed by atoms with Crippen molar-refractivity contribution in [2.75, 3.05) is 44.5 Å². The third kappa shape index (κ3) is 4.70. The summed E-state index contributed by atoms with van der Waals surface area (Å²) in [6.07, 6.45) is 4.54. The van der Waals surface area contributed by atoms with Crippen LogP contribution < -0.4 is 15.4 Å². The average molecular weight is 295 g/mol. The molecule has 1 saturated carbocycles. The smallest absolute Gasteiger partial charge is 0.322 e. The average Bonchev–Trinajstić information content (AvgIpc) is 3.29. The number of nitrogens with one attached hydrogen (secondary N) is 2. The fourth-order valence-corrected chi connectivity index (χ4v) is 2.12. The van der Waals surface area contributed by atoms with Gasteiger partial charge in [0.2, 0.25) is 11.9 Å². The van der Waals surface area contributed by atoms with Gasteiger partial charge < -0.3 is 20.1 Å². The third-order valence-electron chi connectivity index (χ3n) is 3.75. The number of ether oxygens (including phenoxy) is 2. The van der Waals surface area contributed by atoms with Crippen LogP contribution in [0.3, 0.4) is 0 Å². The molecule has 7 heteroatoms. The molecule has 0 unspecified atom stereocenters. The molecule has 7 nitrogen and oxygen atoms in total. The van der Waals surface area contributed by atoms with Crippen LogP contribution >= 0.6 is 0 Å². The molecule has 0 radical (unpaired) electrons. The second kappa shape index (κ2) is 7.40. The van der Waals surface area contributed by atoms with Crippen LogP contribution in [0.25, 0.3) is 0 Å². The minimum atomic E-state index is 0.327. The molecule has 2 N–H and O–H groups in total. The van der Waals surface area contributed by atoms with Crippen LogP contribution in [0.15, 0.2) is 0 Å². The fourth-order valence-electron chi connectivity index (χ4n) is 2.12. The topological polar surface area (TPSA) is 81.2 Å². The Morgan fingerprint density at radius 2 is 1.81 bits per heavy atom. The van der Waals surface area contributed by atoms with Gasteiger partial charge in [-0.3, -0.25) is 0 Å². The van der Waals surface area contributed by atoms with Crippen LogP contribution in [0.2, 0.25) is 0 Å². The van der Waals surface area contributed by atoms with E-state index in [9.17, 15) is 0 Å². The summed E-state index contributed by atoms with van der Waals surface area (Å²) in [4.78, 5) is 12.8. The highest BCUT2D eigenvalue weighted by molar-refractivity contribution is 5.36. The lowest BCUT2D eigenvalue weighted by molar-refractivity contribution is 0.174. The lowest BCUT2D eigenvalue weighted by atomic mass is 10.0. The SMILES string of the molecule is CCCNc1nc(NCC2(CCOC)CC2)nc(OC)n1. The van der Waals surface area contributed by atoms with Crippen LogP contribution in [0, 0.1) is 5.41 Å². The molecule has 21 heavy (non-hydrogen) atoms. The highest BCUT2D eigenvalue weighted by atomic mass is 16.5. The molecule has 1 aliphatic rings. The first-order valence-electron chi connectivity index (χ1n) is 7.48. The summed E-state index contributed by atoms with van der Waals surface area (Å²) >= 11 is 0. The Bertz CT molecular complexity index is 451. The van der Waals surface area contributed by atoms with Crippen LogP contribution in [-0.2, 0) is 4.74 Å². The van der Waals surface area contributed by atoms with Crippen molar-refractivity contribution in [3.63, 3.8) is 0 Å². The lowest BCUT2D eigenvalue weighted by Crippen LogP contribution is -2.19. The molecule has 1 aliphatic carbocycles. The molecule has 118 valence electrons. The second-order valence-corrected chi connectivity index (χ2v) is 5.49. The van der Waals surface area contributed by atoms with E-state index in [0.717, 1.165) is 32.5 Å². The Kier molecular flexibility index (Phi) is 5.55. The van der Waals surface area contributed by atoms with E-state index in [2.05, 4.69) is 32.5 Å². The molecular weight excluding hydrogens is 270 g/mol. The van der Waals surface area contributed by atoms with Crippen molar-refractivity contribution in [2.24, 2.45) is 5.41 Å². The number of aromatic nitrogens is 3. The van der Waals surface area contributed by atoms with Gasteiger partial charge in [-0.05, 0) is 31.1 Å². The minimum Gasteiger partial charge on any atom is -0.467 e. The van der Waals surface area contributed by atoms with Crippen LogP contribution in [0.4, 0.5) is 11.9 Å². The fraction of sp³-hybridized carbons (Fsp3) is 0.786. The van der Waals surface area contributed by atoms with Gasteiger partial charge in [-0.1, -0.05) is 6.92 Å². The van der Waals surface area contributed by atoms with Gasteiger partial charge in [0.1, 0.15) is 0 Å². The summed E-state index contributed by atoms with van der Waals surface area (Å²) in [5.41, 5.74) is 0.340. The molecule has 1 fully saturated rings. The van der Waals surface area contributed by atoms with E-state index in [1.165, 1.54) is 12.8 Å². The predicted octanol–water partition coefficient (Wildman–Crippen LogP) is 1.93. The summed E-state index contributed by atoms with van der Waals surface area (Å²) in [7, 11) is 3.30. The van der Waals surface area contributed by atoms with Gasteiger partial charge in [0.25, 0.3) is 0 Å². The zero-order valence-electron chi connectivity index (χ0n) is 13.1. The summed E-state index contributed by atoms with van der Waals surface area (Å²) in [6, 6.07) is 0.327. The van der Waals surface area contributed by atoms with E-state index >= 15 is 0 Å². The summed E-state index contributed by atoms with van der Waals surface area (Å²) in [6.45, 7) is 4.57. The molecule has 1 aromatic heterocycles. The summed E-state index contributed by atoms with van der Waals surface area (Å²) in [5, 5.41) is 6.46. The number of rotatable bonds is 10. The molecular formula is C14H25N5O2. The Balaban J connectivity index is 1.95. The van der Waals surface area contributed by atoms with Crippen LogP contribution in [0.5, 0.6) is 6.01 Å². The molecule has 0 spiro atoms. The third-order valence-corrected chi connectivity index (χ3v) is 3.75. The van der Waals surface area contributed by atoms with Crippen molar-refractivity contribution in [3.05, 3.63) is 0 Å². The molecule has 1 aromatic rings. The number of methoxy groups -OCH3 is 2. The Morgan fingerprint density at radius 3 is 2.38 bits per heavy atom. The van der Waals surface area contributed by atoms with Crippen LogP contribution in [0.1, 0.15) is 32.6 Å². The Hall–Kier alpha value is -1.63. The van der Waals surface area contributed by atoms with Gasteiger partial charge in [0.15, 0.2) is 0 Å². The largest absolute Gasteiger partial charge is 0.467 e. The van der Waals surface area contributed by atoms with E-state index in [4.69, 9.17) is 9.47 Å². The maximum atomic E-state index is 5.17. The summed E-state index contributed by atoms with van der Waals surface area (Å²) < 4.78 is 10.3. The maximum absolute atomic E-state index is 5.17. The number of hydrogen-bond acceptors (Lipinski definition) is 7. The second-order valence-electron chi connectivity index (χ2n) is 5.49. The quantitative estimate of drug-likeness (QED) is 0.682. The first-order chi connectivity index (χ1) is 10.2. The molecule has 0 aliphatic heterocycles. The molecule has 1 heterocycles. The van der Waals surface area contributed by atoms with Gasteiger partial charge in [0.05, 0.1) is 7.11 Å². The highest BCUT2D eigenvalue weighted by Crippen LogP contribution is 2.48. The minimum absolute atomic E-state index is 0.327. The van der Waals surface area contributed by atoms with Gasteiger partial charge in [-0.15, -0.1) is 0 Å². The van der Waals surface area contributed by atoms with Crippen molar-refractivity contribution in [3.8, 4) is 6.01 Å². The highest BCUT2D eigenvalue weighted by Gasteiger charge is 2.41. The first-order valence-corrected chi connectivity index (χ1v) is 7.48. The van der Waals surface area contributed by atoms with Crippen LogP contribution in [-0.4, -0.2) is 48.9 Å². The van der Waals surface area contributed by atoms with E-state index in [1.807, 2.05) is 0 Å². The Morgan fingerprint density at radius 1 is 1.10 bits per heavy atom. The monoisotopic (exact) mass is 295 g/mol. The van der Waals surface area contributed by atoms with E-state index in [1.54, 1.807) is 14.2 Å². The van der Waals surface area contributed by atoms with E-state index in [-0.39, 0.29) is 0 Å². The molecule has 0 aromatic carbocycles. The van der Waals surface area contributed by atoms with Gasteiger partial charge in [-0.2, -0.15) is 15.0 Å². The molecule has 0 bridgehead atoms. The zero-order valence-corrected chi connectivity index (χ0v) is 13.1. The van der Waals surface area contributed by atoms with Gasteiger partial charge in [-0.25, -0.2) is 0 Å². The number of anilines is 2. The van der Waals surface area contributed by atoms with E-state index < -0.39 is 0 Å². The van der Waals surface area contributed by atoms with Gasteiger partial charge in [0, 0.05) is 26.8 Å². The molecule has 2 rings (SSSR count). The van der Waals surface area contributed by atoms with Crippen molar-refractivity contribution < 1.29 is 9.47 Å². The number of hydrogen-bond donors (Lipinski definition) is 2. The molecule has 0 saturated heterocycles. The van der Waals surface area contributed by atoms with Crippen molar-refractivity contribution in [1.29, 1.82) is 0 Å². The van der Waals surface area contributed by atoms with Crippen molar-refractivity contribution >= 4 is 11.9 Å². The first kappa shape index (κ1) is 15.8. The van der Waals surface area contributed by atoms with Gasteiger partial charge >= 0.3 is 6.01 Å². The maximum Gasteiger partial charge on any atom is 0.322 e. The predicted molar refractivity (Wildman–Crippen MR) is 81.8 cm³/mol. The number of nitrogens with zero attached hydrogens (tertiary/aromatic N) is 3. The zero-order chi connectivity index (χ0) is 15.1. The lowest BCUT2D eigenvalue weighted by Gasteiger charge is -2.16. The normalized spacial score (nSPS) is 15.6. The van der Waals surface area contributed by atoms with Crippen molar-refractivity contribution in [2.45, 2.75) is 32.6 Å². The standard InChI is InChI=1S/C14H25N5O2/c1-4-8-15-11-17-12(19-13(18-11)21-3)16-10-14(5-6-14)7-9-20-2/h4-10H2,1-3H3,(H2,15,16,17,18,19). The molecule has 0 atom stereocenters.